The van der Waals surface area contributed by atoms with Crippen LogP contribution in [0.2, 0.25) is 0 Å². The molecular formula is C13H16N4O3. The van der Waals surface area contributed by atoms with Crippen molar-refractivity contribution < 1.29 is 14.3 Å². The average molecular weight is 276 g/mol. The minimum absolute atomic E-state index is 0.0438. The standard InChI is InChI=1S/C13H16N4O3/c1-7-5-20-6-11-8-3-9(12(18)19-2)15-4-10(8)16-13(14)17(7)11/h3-4,7,11H,5-6H2,1-2H3,(H2,14,16)/t7-,11-/m1/s1. The van der Waals surface area contributed by atoms with Crippen molar-refractivity contribution in [3.8, 4) is 0 Å². The lowest BCUT2D eigenvalue weighted by molar-refractivity contribution is -0.00976. The summed E-state index contributed by atoms with van der Waals surface area (Å²) in [5.74, 6) is -0.00225. The Balaban J connectivity index is 2.07. The number of esters is 1. The molecule has 0 saturated carbocycles. The van der Waals surface area contributed by atoms with Crippen LogP contribution in [0.15, 0.2) is 17.3 Å². The molecule has 2 atom stereocenters. The predicted octanol–water partition coefficient (Wildman–Crippen LogP) is 0.590. The number of nitrogens with zero attached hydrogens (tertiary/aromatic N) is 3. The molecule has 2 aliphatic rings. The van der Waals surface area contributed by atoms with E-state index in [1.807, 2.05) is 11.8 Å². The van der Waals surface area contributed by atoms with Gasteiger partial charge in [-0.3, -0.25) is 0 Å². The first-order valence-corrected chi connectivity index (χ1v) is 6.40. The second-order valence-corrected chi connectivity index (χ2v) is 4.90. The fraction of sp³-hybridized carbons (Fsp3) is 0.462. The van der Waals surface area contributed by atoms with Gasteiger partial charge in [-0.25, -0.2) is 14.8 Å². The number of nitrogens with two attached hydrogens (primary N) is 1. The number of hydrogen-bond donors (Lipinski definition) is 1. The van der Waals surface area contributed by atoms with Gasteiger partial charge in [0, 0.05) is 5.56 Å². The van der Waals surface area contributed by atoms with Crippen molar-refractivity contribution in [1.29, 1.82) is 0 Å². The molecular weight excluding hydrogens is 260 g/mol. The van der Waals surface area contributed by atoms with Gasteiger partial charge in [0.2, 0.25) is 0 Å². The van der Waals surface area contributed by atoms with Crippen LogP contribution in [0.1, 0.15) is 29.0 Å². The van der Waals surface area contributed by atoms with Crippen molar-refractivity contribution in [3.63, 3.8) is 0 Å². The Kier molecular flexibility index (Phi) is 3.06. The predicted molar refractivity (Wildman–Crippen MR) is 71.7 cm³/mol. The maximum absolute atomic E-state index is 11.6. The molecule has 0 radical (unpaired) electrons. The van der Waals surface area contributed by atoms with E-state index in [1.165, 1.54) is 7.11 Å². The number of hydrogen-bond acceptors (Lipinski definition) is 7. The van der Waals surface area contributed by atoms with Gasteiger partial charge in [-0.1, -0.05) is 0 Å². The van der Waals surface area contributed by atoms with Crippen LogP contribution in [0, 0.1) is 0 Å². The highest BCUT2D eigenvalue weighted by Crippen LogP contribution is 2.37. The van der Waals surface area contributed by atoms with E-state index in [2.05, 4.69) is 9.98 Å². The number of ether oxygens (including phenoxy) is 2. The number of morpholine rings is 1. The van der Waals surface area contributed by atoms with E-state index < -0.39 is 5.97 Å². The van der Waals surface area contributed by atoms with Gasteiger partial charge in [-0.05, 0) is 13.0 Å². The Morgan fingerprint density at radius 2 is 2.35 bits per heavy atom. The van der Waals surface area contributed by atoms with Gasteiger partial charge < -0.3 is 20.1 Å². The summed E-state index contributed by atoms with van der Waals surface area (Å²) >= 11 is 0. The number of carbonyl (C=O) groups is 1. The molecule has 0 amide bonds. The summed E-state index contributed by atoms with van der Waals surface area (Å²) in [4.78, 5) is 22.0. The average Bonchev–Trinajstić information content (AvgIpc) is 2.46. The topological polar surface area (TPSA) is 90.0 Å². The zero-order valence-corrected chi connectivity index (χ0v) is 11.4. The number of fused-ring (bicyclic) bond motifs is 3. The Labute approximate surface area is 116 Å². The molecule has 1 aromatic heterocycles. The quantitative estimate of drug-likeness (QED) is 0.755. The van der Waals surface area contributed by atoms with Crippen molar-refractivity contribution >= 4 is 17.6 Å². The summed E-state index contributed by atoms with van der Waals surface area (Å²) < 4.78 is 10.3. The van der Waals surface area contributed by atoms with Gasteiger partial charge >= 0.3 is 5.97 Å². The highest BCUT2D eigenvalue weighted by Gasteiger charge is 2.36. The third-order valence-corrected chi connectivity index (χ3v) is 3.61. The van der Waals surface area contributed by atoms with Crippen LogP contribution >= 0.6 is 0 Å². The van der Waals surface area contributed by atoms with Gasteiger partial charge in [-0.15, -0.1) is 0 Å². The Morgan fingerprint density at radius 3 is 3.10 bits per heavy atom. The molecule has 0 unspecified atom stereocenters. The van der Waals surface area contributed by atoms with Gasteiger partial charge in [0.15, 0.2) is 5.96 Å². The smallest absolute Gasteiger partial charge is 0.356 e. The summed E-state index contributed by atoms with van der Waals surface area (Å²) in [6, 6.07) is 1.80. The Morgan fingerprint density at radius 1 is 1.55 bits per heavy atom. The zero-order valence-electron chi connectivity index (χ0n) is 11.4. The van der Waals surface area contributed by atoms with Crippen molar-refractivity contribution in [2.75, 3.05) is 20.3 Å². The first-order valence-electron chi connectivity index (χ1n) is 6.40. The van der Waals surface area contributed by atoms with E-state index in [-0.39, 0.29) is 17.8 Å². The molecule has 1 saturated heterocycles. The van der Waals surface area contributed by atoms with Crippen molar-refractivity contribution in [2.24, 2.45) is 10.7 Å². The number of rotatable bonds is 1. The molecule has 3 rings (SSSR count). The number of guanidine groups is 1. The molecule has 1 fully saturated rings. The molecule has 2 aliphatic heterocycles. The van der Waals surface area contributed by atoms with E-state index in [1.54, 1.807) is 12.3 Å². The fourth-order valence-electron chi connectivity index (χ4n) is 2.66. The second-order valence-electron chi connectivity index (χ2n) is 4.90. The molecule has 7 heteroatoms. The summed E-state index contributed by atoms with van der Waals surface area (Å²) in [6.45, 7) is 3.15. The first-order chi connectivity index (χ1) is 9.61. The van der Waals surface area contributed by atoms with Crippen molar-refractivity contribution in [3.05, 3.63) is 23.5 Å². The van der Waals surface area contributed by atoms with E-state index >= 15 is 0 Å². The van der Waals surface area contributed by atoms with Gasteiger partial charge in [0.25, 0.3) is 0 Å². The molecule has 0 aromatic carbocycles. The minimum atomic E-state index is -0.466. The van der Waals surface area contributed by atoms with Crippen LogP contribution < -0.4 is 5.73 Å². The Bertz CT molecular complexity index is 587. The molecule has 0 spiro atoms. The van der Waals surface area contributed by atoms with E-state index in [9.17, 15) is 4.79 Å². The van der Waals surface area contributed by atoms with Crippen molar-refractivity contribution in [2.45, 2.75) is 19.0 Å². The molecule has 0 aliphatic carbocycles. The lowest BCUT2D eigenvalue weighted by atomic mass is 10.00. The maximum atomic E-state index is 11.6. The summed E-state index contributed by atoms with van der Waals surface area (Å²) in [6.07, 6.45) is 1.55. The van der Waals surface area contributed by atoms with E-state index in [0.29, 0.717) is 24.9 Å². The molecule has 1 aromatic rings. The molecule has 3 heterocycles. The summed E-state index contributed by atoms with van der Waals surface area (Å²) in [5, 5.41) is 0. The molecule has 106 valence electrons. The maximum Gasteiger partial charge on any atom is 0.356 e. The van der Waals surface area contributed by atoms with Crippen LogP contribution in [0.3, 0.4) is 0 Å². The number of methoxy groups -OCH3 is 1. The largest absolute Gasteiger partial charge is 0.464 e. The van der Waals surface area contributed by atoms with Gasteiger partial charge in [-0.2, -0.15) is 0 Å². The first kappa shape index (κ1) is 12.9. The van der Waals surface area contributed by atoms with Gasteiger partial charge in [0.1, 0.15) is 5.69 Å². The molecule has 2 N–H and O–H groups in total. The second kappa shape index (κ2) is 4.75. The fourth-order valence-corrected chi connectivity index (χ4v) is 2.66. The van der Waals surface area contributed by atoms with Crippen LogP contribution in [0.5, 0.6) is 0 Å². The SMILES string of the molecule is COC(=O)c1cc2c(cn1)N=C(N)N1[C@H](C)COC[C@H]21. The van der Waals surface area contributed by atoms with Crippen LogP contribution in [-0.4, -0.2) is 48.2 Å². The monoisotopic (exact) mass is 276 g/mol. The number of pyridine rings is 1. The normalized spacial score (nSPS) is 24.5. The van der Waals surface area contributed by atoms with Crippen LogP contribution in [0.25, 0.3) is 0 Å². The number of aromatic nitrogens is 1. The zero-order chi connectivity index (χ0) is 14.3. The third-order valence-electron chi connectivity index (χ3n) is 3.61. The lowest BCUT2D eigenvalue weighted by Gasteiger charge is -2.43. The van der Waals surface area contributed by atoms with E-state index in [0.717, 1.165) is 5.56 Å². The van der Waals surface area contributed by atoms with Crippen molar-refractivity contribution in [1.82, 2.24) is 9.88 Å². The molecule has 7 nitrogen and oxygen atoms in total. The minimum Gasteiger partial charge on any atom is -0.464 e. The van der Waals surface area contributed by atoms with E-state index in [4.69, 9.17) is 15.2 Å². The number of aliphatic imine (C=N–C) groups is 1. The van der Waals surface area contributed by atoms with Gasteiger partial charge in [0.05, 0.1) is 44.3 Å². The lowest BCUT2D eigenvalue weighted by Crippen LogP contribution is -2.53. The summed E-state index contributed by atoms with van der Waals surface area (Å²) in [7, 11) is 1.33. The highest BCUT2D eigenvalue weighted by molar-refractivity contribution is 5.89. The third kappa shape index (κ3) is 1.90. The van der Waals surface area contributed by atoms with Crippen LogP contribution in [0.4, 0.5) is 5.69 Å². The Hall–Kier alpha value is -2.15. The highest BCUT2D eigenvalue weighted by atomic mass is 16.5. The number of carbonyl (C=O) groups excluding carboxylic acids is 1. The summed E-state index contributed by atoms with van der Waals surface area (Å²) in [5.41, 5.74) is 7.85. The molecule has 0 bridgehead atoms. The van der Waals surface area contributed by atoms with Crippen LogP contribution in [-0.2, 0) is 9.47 Å². The molecule has 20 heavy (non-hydrogen) atoms.